The molecule has 1 aliphatic heterocycles. The van der Waals surface area contributed by atoms with Gasteiger partial charge in [0, 0.05) is 18.9 Å². The van der Waals surface area contributed by atoms with E-state index in [0.717, 1.165) is 25.3 Å². The van der Waals surface area contributed by atoms with Crippen LogP contribution in [0.5, 0.6) is 0 Å². The first kappa shape index (κ1) is 12.3. The molecule has 1 saturated heterocycles. The van der Waals surface area contributed by atoms with Crippen LogP contribution in [0.15, 0.2) is 9.05 Å². The van der Waals surface area contributed by atoms with Crippen molar-refractivity contribution in [2.45, 2.75) is 45.1 Å². The Morgan fingerprint density at radius 2 is 2.00 bits per heavy atom. The lowest BCUT2D eigenvalue weighted by molar-refractivity contribution is 0.294. The Morgan fingerprint density at radius 3 is 2.74 bits per heavy atom. The molecule has 7 heteroatoms. The summed E-state index contributed by atoms with van der Waals surface area (Å²) in [4.78, 5) is 8.58. The van der Waals surface area contributed by atoms with Crippen LogP contribution >= 0.6 is 0 Å². The molecule has 1 fully saturated rings. The molecular formula is C12H17N5O2. The molecule has 2 aromatic rings. The van der Waals surface area contributed by atoms with Crippen LogP contribution in [0.25, 0.3) is 0 Å². The number of piperidine rings is 1. The smallest absolute Gasteiger partial charge is 0.229 e. The van der Waals surface area contributed by atoms with Crippen molar-refractivity contribution >= 4 is 0 Å². The van der Waals surface area contributed by atoms with Crippen molar-refractivity contribution in [1.82, 2.24) is 25.6 Å². The molecule has 7 nitrogen and oxygen atoms in total. The van der Waals surface area contributed by atoms with Crippen molar-refractivity contribution < 1.29 is 9.05 Å². The molecule has 0 bridgehead atoms. The van der Waals surface area contributed by atoms with Crippen LogP contribution in [0.1, 0.15) is 49.1 Å². The molecule has 3 heterocycles. The largest absolute Gasteiger partial charge is 0.340 e. The first-order valence-electron chi connectivity index (χ1n) is 6.56. The summed E-state index contributed by atoms with van der Waals surface area (Å²) in [6.45, 7) is 4.92. The number of hydrogen-bond donors (Lipinski definition) is 1. The number of nitrogens with one attached hydrogen (secondary N) is 1. The summed E-state index contributed by atoms with van der Waals surface area (Å²) < 4.78 is 10.3. The third kappa shape index (κ3) is 2.81. The zero-order valence-electron chi connectivity index (χ0n) is 11.1. The van der Waals surface area contributed by atoms with E-state index in [9.17, 15) is 0 Å². The predicted molar refractivity (Wildman–Crippen MR) is 65.6 cm³/mol. The fourth-order valence-electron chi connectivity index (χ4n) is 2.42. The van der Waals surface area contributed by atoms with Crippen LogP contribution in [-0.4, -0.2) is 32.9 Å². The van der Waals surface area contributed by atoms with E-state index in [2.05, 4.69) is 32.5 Å². The van der Waals surface area contributed by atoms with Gasteiger partial charge in [-0.2, -0.15) is 9.97 Å². The molecule has 0 aromatic carbocycles. The van der Waals surface area contributed by atoms with E-state index in [1.165, 1.54) is 0 Å². The maximum absolute atomic E-state index is 5.36. The van der Waals surface area contributed by atoms with Gasteiger partial charge in [0.2, 0.25) is 11.8 Å². The molecule has 2 atom stereocenters. The van der Waals surface area contributed by atoms with Gasteiger partial charge in [0.1, 0.15) is 0 Å². The van der Waals surface area contributed by atoms with Gasteiger partial charge in [-0.05, 0) is 26.3 Å². The minimum absolute atomic E-state index is 0.351. The average Bonchev–Trinajstić information content (AvgIpc) is 2.99. The Morgan fingerprint density at radius 1 is 1.21 bits per heavy atom. The van der Waals surface area contributed by atoms with Gasteiger partial charge in [-0.15, -0.1) is 0 Å². The summed E-state index contributed by atoms with van der Waals surface area (Å²) in [7, 11) is 0. The van der Waals surface area contributed by atoms with Crippen molar-refractivity contribution in [3.05, 3.63) is 23.4 Å². The van der Waals surface area contributed by atoms with Crippen LogP contribution < -0.4 is 5.32 Å². The summed E-state index contributed by atoms with van der Waals surface area (Å²) >= 11 is 0. The van der Waals surface area contributed by atoms with Gasteiger partial charge in [0.25, 0.3) is 0 Å². The lowest BCUT2D eigenvalue weighted by atomic mass is 9.93. The van der Waals surface area contributed by atoms with Crippen LogP contribution in [-0.2, 0) is 6.42 Å². The standard InChI is InChI=1S/C12H17N5O2/c1-7-5-9(3-4-13-7)12-15-11(17-19-12)6-10-14-8(2)18-16-10/h7,9,13H,3-6H2,1-2H3/t7-,9-/m0/s1. The molecule has 0 unspecified atom stereocenters. The number of hydrogen-bond acceptors (Lipinski definition) is 7. The fraction of sp³-hybridized carbons (Fsp3) is 0.667. The van der Waals surface area contributed by atoms with Crippen molar-refractivity contribution in [1.29, 1.82) is 0 Å². The molecule has 0 aliphatic carbocycles. The van der Waals surface area contributed by atoms with Crippen LogP contribution in [0.4, 0.5) is 0 Å². The van der Waals surface area contributed by atoms with Gasteiger partial charge in [0.05, 0.1) is 6.42 Å². The maximum atomic E-state index is 5.36. The first-order chi connectivity index (χ1) is 9.20. The van der Waals surface area contributed by atoms with Crippen molar-refractivity contribution in [2.24, 2.45) is 0 Å². The van der Waals surface area contributed by atoms with E-state index >= 15 is 0 Å². The zero-order chi connectivity index (χ0) is 13.2. The Balaban J connectivity index is 1.69. The zero-order valence-corrected chi connectivity index (χ0v) is 11.1. The van der Waals surface area contributed by atoms with E-state index in [4.69, 9.17) is 9.05 Å². The first-order valence-corrected chi connectivity index (χ1v) is 6.56. The highest BCUT2D eigenvalue weighted by molar-refractivity contribution is 5.02. The second-order valence-electron chi connectivity index (χ2n) is 5.03. The second kappa shape index (κ2) is 5.08. The highest BCUT2D eigenvalue weighted by Crippen LogP contribution is 2.26. The molecule has 102 valence electrons. The van der Waals surface area contributed by atoms with Crippen LogP contribution in [0, 0.1) is 6.92 Å². The molecule has 19 heavy (non-hydrogen) atoms. The molecule has 1 aliphatic rings. The quantitative estimate of drug-likeness (QED) is 0.889. The fourth-order valence-corrected chi connectivity index (χ4v) is 2.42. The van der Waals surface area contributed by atoms with Crippen LogP contribution in [0.3, 0.4) is 0 Å². The molecular weight excluding hydrogens is 246 g/mol. The summed E-state index contributed by atoms with van der Waals surface area (Å²) in [5, 5.41) is 11.2. The predicted octanol–water partition coefficient (Wildman–Crippen LogP) is 1.21. The van der Waals surface area contributed by atoms with Crippen molar-refractivity contribution in [3.63, 3.8) is 0 Å². The Bertz CT molecular complexity index is 550. The Hall–Kier alpha value is -1.76. The summed E-state index contributed by atoms with van der Waals surface area (Å²) in [5.41, 5.74) is 0. The molecule has 1 N–H and O–H groups in total. The van der Waals surface area contributed by atoms with Crippen molar-refractivity contribution in [3.8, 4) is 0 Å². The average molecular weight is 263 g/mol. The highest BCUT2D eigenvalue weighted by atomic mass is 16.5. The highest BCUT2D eigenvalue weighted by Gasteiger charge is 2.25. The van der Waals surface area contributed by atoms with Gasteiger partial charge in [-0.25, -0.2) is 0 Å². The third-order valence-corrected chi connectivity index (χ3v) is 3.34. The molecule has 0 saturated carbocycles. The number of aromatic nitrogens is 4. The van der Waals surface area contributed by atoms with E-state index in [1.54, 1.807) is 6.92 Å². The van der Waals surface area contributed by atoms with Gasteiger partial charge in [-0.1, -0.05) is 10.3 Å². The summed E-state index contributed by atoms with van der Waals surface area (Å²) in [6.07, 6.45) is 2.51. The SMILES string of the molecule is Cc1nc(Cc2noc([C@H]3CCN[C@@H](C)C3)n2)no1. The Kier molecular flexibility index (Phi) is 3.29. The topological polar surface area (TPSA) is 89.9 Å². The van der Waals surface area contributed by atoms with E-state index in [1.807, 2.05) is 0 Å². The van der Waals surface area contributed by atoms with Crippen molar-refractivity contribution in [2.75, 3.05) is 6.54 Å². The monoisotopic (exact) mass is 263 g/mol. The maximum Gasteiger partial charge on any atom is 0.229 e. The number of aryl methyl sites for hydroxylation is 1. The summed E-state index contributed by atoms with van der Waals surface area (Å²) in [6, 6.07) is 0.494. The van der Waals surface area contributed by atoms with Gasteiger partial charge in [0.15, 0.2) is 11.6 Å². The number of rotatable bonds is 3. The minimum atomic E-state index is 0.351. The van der Waals surface area contributed by atoms with E-state index < -0.39 is 0 Å². The van der Waals surface area contributed by atoms with Gasteiger partial charge < -0.3 is 14.4 Å². The second-order valence-corrected chi connectivity index (χ2v) is 5.03. The Labute approximate surface area is 110 Å². The minimum Gasteiger partial charge on any atom is -0.340 e. The number of nitrogens with zero attached hydrogens (tertiary/aromatic N) is 4. The molecule has 0 spiro atoms. The lowest BCUT2D eigenvalue weighted by Gasteiger charge is -2.25. The van der Waals surface area contributed by atoms with Gasteiger partial charge >= 0.3 is 0 Å². The third-order valence-electron chi connectivity index (χ3n) is 3.34. The lowest BCUT2D eigenvalue weighted by Crippen LogP contribution is -2.34. The molecule has 3 rings (SSSR count). The van der Waals surface area contributed by atoms with Gasteiger partial charge in [-0.3, -0.25) is 0 Å². The normalized spacial score (nSPS) is 23.7. The molecule has 2 aromatic heterocycles. The van der Waals surface area contributed by atoms with E-state index in [0.29, 0.717) is 35.9 Å². The molecule has 0 radical (unpaired) electrons. The summed E-state index contributed by atoms with van der Waals surface area (Å²) in [5.74, 6) is 2.82. The van der Waals surface area contributed by atoms with E-state index in [-0.39, 0.29) is 0 Å². The molecule has 0 amide bonds. The van der Waals surface area contributed by atoms with Crippen LogP contribution in [0.2, 0.25) is 0 Å².